The van der Waals surface area contributed by atoms with Gasteiger partial charge in [-0.25, -0.2) is 0 Å². The molecule has 0 aromatic heterocycles. The minimum atomic E-state index is 0.808. The Bertz CT molecular complexity index is 328. The molecule has 0 heterocycles. The lowest BCUT2D eigenvalue weighted by atomic mass is 9.96. The molecule has 2 N–H and O–H groups in total. The normalized spacial score (nSPS) is 14.4. The first-order valence-electron chi connectivity index (χ1n) is 5.63. The van der Waals surface area contributed by atoms with Gasteiger partial charge in [-0.15, -0.1) is 0 Å². The second kappa shape index (κ2) is 4.14. The summed E-state index contributed by atoms with van der Waals surface area (Å²) in [7, 11) is 0. The van der Waals surface area contributed by atoms with Crippen molar-refractivity contribution in [3.05, 3.63) is 34.4 Å². The van der Waals surface area contributed by atoms with E-state index in [1.54, 1.807) is 16.7 Å². The van der Waals surface area contributed by atoms with Crippen LogP contribution >= 0.6 is 0 Å². The van der Waals surface area contributed by atoms with Crippen molar-refractivity contribution >= 4 is 0 Å². The number of benzene rings is 1. The average molecular weight is 189 g/mol. The summed E-state index contributed by atoms with van der Waals surface area (Å²) in [5, 5.41) is 0. The second-order valence-corrected chi connectivity index (χ2v) is 4.24. The fourth-order valence-corrected chi connectivity index (χ4v) is 2.49. The van der Waals surface area contributed by atoms with E-state index in [0.29, 0.717) is 0 Å². The summed E-state index contributed by atoms with van der Waals surface area (Å²) in [6, 6.07) is 4.57. The van der Waals surface area contributed by atoms with Crippen LogP contribution in [0.15, 0.2) is 12.1 Å². The fraction of sp³-hybridized carbons (Fsp3) is 0.538. The summed E-state index contributed by atoms with van der Waals surface area (Å²) in [4.78, 5) is 0. The Balaban J connectivity index is 2.29. The number of hydrogen-bond donors (Lipinski definition) is 1. The zero-order valence-electron chi connectivity index (χ0n) is 8.97. The van der Waals surface area contributed by atoms with Crippen LogP contribution in [-0.2, 0) is 19.3 Å². The Morgan fingerprint density at radius 2 is 2.00 bits per heavy atom. The highest BCUT2D eigenvalue weighted by molar-refractivity contribution is 5.43. The van der Waals surface area contributed by atoms with E-state index >= 15 is 0 Å². The molecule has 0 radical (unpaired) electrons. The summed E-state index contributed by atoms with van der Waals surface area (Å²) < 4.78 is 0. The third-order valence-corrected chi connectivity index (χ3v) is 3.27. The summed E-state index contributed by atoms with van der Waals surface area (Å²) in [6.07, 6.45) is 6.21. The van der Waals surface area contributed by atoms with E-state index in [9.17, 15) is 0 Å². The Morgan fingerprint density at radius 1 is 1.21 bits per heavy atom. The zero-order chi connectivity index (χ0) is 9.97. The van der Waals surface area contributed by atoms with E-state index in [0.717, 1.165) is 13.0 Å². The van der Waals surface area contributed by atoms with Crippen LogP contribution in [0.2, 0.25) is 0 Å². The average Bonchev–Trinajstić information content (AvgIpc) is 2.66. The van der Waals surface area contributed by atoms with Gasteiger partial charge in [0, 0.05) is 0 Å². The van der Waals surface area contributed by atoms with Gasteiger partial charge in [0.05, 0.1) is 0 Å². The maximum Gasteiger partial charge on any atom is -0.00741 e. The van der Waals surface area contributed by atoms with Crippen molar-refractivity contribution in [2.24, 2.45) is 5.73 Å². The molecule has 14 heavy (non-hydrogen) atoms. The second-order valence-electron chi connectivity index (χ2n) is 4.24. The quantitative estimate of drug-likeness (QED) is 0.776. The van der Waals surface area contributed by atoms with E-state index in [-0.39, 0.29) is 0 Å². The van der Waals surface area contributed by atoms with Crippen molar-refractivity contribution < 1.29 is 0 Å². The van der Waals surface area contributed by atoms with E-state index in [1.165, 1.54) is 31.2 Å². The van der Waals surface area contributed by atoms with Crippen molar-refractivity contribution in [1.82, 2.24) is 0 Å². The van der Waals surface area contributed by atoms with Gasteiger partial charge in [-0.1, -0.05) is 12.1 Å². The smallest absolute Gasteiger partial charge is 0.00741 e. The number of aryl methyl sites for hydroxylation is 2. The van der Waals surface area contributed by atoms with E-state index < -0.39 is 0 Å². The first-order valence-corrected chi connectivity index (χ1v) is 5.63. The fourth-order valence-electron chi connectivity index (χ4n) is 2.49. The highest BCUT2D eigenvalue weighted by Crippen LogP contribution is 2.28. The van der Waals surface area contributed by atoms with Crippen LogP contribution in [0.1, 0.15) is 35.1 Å². The van der Waals surface area contributed by atoms with Gasteiger partial charge >= 0.3 is 0 Å². The van der Waals surface area contributed by atoms with Gasteiger partial charge in [0.15, 0.2) is 0 Å². The maximum atomic E-state index is 5.55. The predicted octanol–water partition coefficient (Wildman–Crippen LogP) is 2.38. The van der Waals surface area contributed by atoms with Crippen LogP contribution in [0.5, 0.6) is 0 Å². The first kappa shape index (κ1) is 9.72. The Morgan fingerprint density at radius 3 is 2.79 bits per heavy atom. The van der Waals surface area contributed by atoms with Gasteiger partial charge in [0.25, 0.3) is 0 Å². The summed E-state index contributed by atoms with van der Waals surface area (Å²) in [6.45, 7) is 3.04. The Labute approximate surface area is 86.3 Å². The molecular formula is C13H19N. The third kappa shape index (κ3) is 1.69. The molecule has 1 nitrogen and oxygen atoms in total. The Hall–Kier alpha value is -0.820. The number of rotatable bonds is 3. The summed E-state index contributed by atoms with van der Waals surface area (Å²) >= 11 is 0. The highest BCUT2D eigenvalue weighted by atomic mass is 14.5. The summed E-state index contributed by atoms with van der Waals surface area (Å²) in [5.74, 6) is 0. The molecule has 76 valence electrons. The highest BCUT2D eigenvalue weighted by Gasteiger charge is 2.15. The van der Waals surface area contributed by atoms with Crippen molar-refractivity contribution in [2.45, 2.75) is 39.0 Å². The van der Waals surface area contributed by atoms with Gasteiger partial charge in [-0.2, -0.15) is 0 Å². The van der Waals surface area contributed by atoms with Gasteiger partial charge in [-0.05, 0) is 67.8 Å². The largest absolute Gasteiger partial charge is 0.330 e. The van der Waals surface area contributed by atoms with Crippen LogP contribution in [0.25, 0.3) is 0 Å². The minimum absolute atomic E-state index is 0.808. The monoisotopic (exact) mass is 189 g/mol. The number of nitrogens with two attached hydrogens (primary N) is 1. The van der Waals surface area contributed by atoms with Crippen molar-refractivity contribution in [3.63, 3.8) is 0 Å². The molecular weight excluding hydrogens is 170 g/mol. The SMILES string of the molecule is Cc1ccc(CCCN)c2c1CCC2. The summed E-state index contributed by atoms with van der Waals surface area (Å²) in [5.41, 5.74) is 11.8. The predicted molar refractivity (Wildman–Crippen MR) is 60.6 cm³/mol. The molecule has 0 unspecified atom stereocenters. The molecule has 1 aromatic rings. The topological polar surface area (TPSA) is 26.0 Å². The molecule has 1 aromatic carbocycles. The van der Waals surface area contributed by atoms with Gasteiger partial charge in [-0.3, -0.25) is 0 Å². The number of hydrogen-bond acceptors (Lipinski definition) is 1. The van der Waals surface area contributed by atoms with Crippen LogP contribution < -0.4 is 5.73 Å². The molecule has 0 saturated carbocycles. The standard InChI is InChI=1S/C13H19N/c1-10-7-8-11(4-3-9-14)13-6-2-5-12(10)13/h7-8H,2-6,9,14H2,1H3. The molecule has 0 saturated heterocycles. The van der Waals surface area contributed by atoms with Crippen LogP contribution in [0.4, 0.5) is 0 Å². The van der Waals surface area contributed by atoms with E-state index in [1.807, 2.05) is 0 Å². The molecule has 2 rings (SSSR count). The van der Waals surface area contributed by atoms with Gasteiger partial charge in [0.2, 0.25) is 0 Å². The van der Waals surface area contributed by atoms with E-state index in [4.69, 9.17) is 5.73 Å². The van der Waals surface area contributed by atoms with Gasteiger partial charge in [0.1, 0.15) is 0 Å². The van der Waals surface area contributed by atoms with Crippen LogP contribution in [0, 0.1) is 6.92 Å². The molecule has 1 aliphatic carbocycles. The minimum Gasteiger partial charge on any atom is -0.330 e. The van der Waals surface area contributed by atoms with Crippen molar-refractivity contribution in [3.8, 4) is 0 Å². The number of fused-ring (bicyclic) bond motifs is 1. The molecule has 0 aliphatic heterocycles. The van der Waals surface area contributed by atoms with Crippen LogP contribution in [0.3, 0.4) is 0 Å². The molecule has 1 heteroatoms. The van der Waals surface area contributed by atoms with Crippen molar-refractivity contribution in [1.29, 1.82) is 0 Å². The van der Waals surface area contributed by atoms with Gasteiger partial charge < -0.3 is 5.73 Å². The lowest BCUT2D eigenvalue weighted by Crippen LogP contribution is -2.02. The Kier molecular flexibility index (Phi) is 2.87. The third-order valence-electron chi connectivity index (χ3n) is 3.27. The lowest BCUT2D eigenvalue weighted by molar-refractivity contribution is 0.820. The lowest BCUT2D eigenvalue weighted by Gasteiger charge is -2.10. The molecule has 0 bridgehead atoms. The molecule has 1 aliphatic rings. The maximum absolute atomic E-state index is 5.55. The first-order chi connectivity index (χ1) is 6.83. The van der Waals surface area contributed by atoms with E-state index in [2.05, 4.69) is 19.1 Å². The van der Waals surface area contributed by atoms with Crippen molar-refractivity contribution in [2.75, 3.05) is 6.54 Å². The molecule has 0 fully saturated rings. The molecule has 0 atom stereocenters. The molecule has 0 spiro atoms. The molecule has 0 amide bonds. The zero-order valence-corrected chi connectivity index (χ0v) is 8.97. The van der Waals surface area contributed by atoms with Crippen LogP contribution in [-0.4, -0.2) is 6.54 Å².